The molecule has 0 aliphatic carbocycles. The molecule has 0 N–H and O–H groups in total. The average molecular weight is 644 g/mol. The van der Waals surface area contributed by atoms with Crippen molar-refractivity contribution in [1.82, 2.24) is 24.7 Å². The lowest BCUT2D eigenvalue weighted by Gasteiger charge is -2.40. The molecule has 6 rings (SSSR count). The highest BCUT2D eigenvalue weighted by Crippen LogP contribution is 2.39. The molecule has 3 aromatic rings. The normalized spacial score (nSPS) is 22.0. The van der Waals surface area contributed by atoms with Crippen LogP contribution in [0.15, 0.2) is 48.6 Å². The van der Waals surface area contributed by atoms with Gasteiger partial charge in [-0.2, -0.15) is 9.97 Å². The highest BCUT2D eigenvalue weighted by Gasteiger charge is 2.36. The van der Waals surface area contributed by atoms with E-state index in [0.29, 0.717) is 62.9 Å². The number of piperazine rings is 1. The maximum Gasteiger partial charge on any atom is 0.318 e. The molecule has 0 unspecified atom stereocenters. The largest absolute Gasteiger partial charge is 0.462 e. The second-order valence-corrected chi connectivity index (χ2v) is 13.1. The van der Waals surface area contributed by atoms with Gasteiger partial charge < -0.3 is 33.9 Å². The van der Waals surface area contributed by atoms with Crippen LogP contribution in [0, 0.1) is 6.57 Å². The third-order valence-corrected chi connectivity index (χ3v) is 9.58. The number of carbonyl (C=O) groups is 1. The zero-order chi connectivity index (χ0) is 32.2. The summed E-state index contributed by atoms with van der Waals surface area (Å²) in [5, 5.41) is 2.77. The number of rotatable bonds is 9. The number of fused-ring (bicyclic) bond motifs is 2. The van der Waals surface area contributed by atoms with Gasteiger partial charge in [0, 0.05) is 60.7 Å². The summed E-state index contributed by atoms with van der Waals surface area (Å²) in [7, 11) is 6.06. The highest BCUT2D eigenvalue weighted by atomic mass is 35.5. The van der Waals surface area contributed by atoms with Crippen molar-refractivity contribution in [1.29, 1.82) is 0 Å². The van der Waals surface area contributed by atoms with Crippen molar-refractivity contribution >= 4 is 34.1 Å². The Morgan fingerprint density at radius 1 is 1.17 bits per heavy atom. The van der Waals surface area contributed by atoms with Gasteiger partial charge in [0.25, 0.3) is 0 Å². The van der Waals surface area contributed by atoms with Crippen LogP contribution >= 0.6 is 11.6 Å². The van der Waals surface area contributed by atoms with Crippen molar-refractivity contribution in [2.24, 2.45) is 0 Å². The predicted molar refractivity (Wildman–Crippen MR) is 180 cm³/mol. The van der Waals surface area contributed by atoms with E-state index in [4.69, 9.17) is 37.6 Å². The lowest BCUT2D eigenvalue weighted by molar-refractivity contribution is -0.128. The van der Waals surface area contributed by atoms with Crippen molar-refractivity contribution in [3.05, 3.63) is 81.8 Å². The number of likely N-dealkylation sites (N-methyl/N-ethyl adjacent to an activating group) is 2. The van der Waals surface area contributed by atoms with E-state index >= 15 is 0 Å². The average Bonchev–Trinajstić information content (AvgIpc) is 3.47. The summed E-state index contributed by atoms with van der Waals surface area (Å²) in [5.41, 5.74) is 2.86. The SMILES string of the molecule is [C-]#[N+]C[C@H]1CN(c2nc(OC[C@@H]3CCCN3C)nc3c2CO[C@H](c2cccc4cccc(Cl)c24)C3)CCN1C(=O)/C=C/CN(C)C. The number of amides is 1. The Balaban J connectivity index is 1.30. The van der Waals surface area contributed by atoms with Crippen LogP contribution in [0.4, 0.5) is 5.82 Å². The topological polar surface area (TPSA) is 78.6 Å². The molecular formula is C35H42ClN7O3. The second kappa shape index (κ2) is 14.3. The summed E-state index contributed by atoms with van der Waals surface area (Å²) in [5.74, 6) is 0.698. The summed E-state index contributed by atoms with van der Waals surface area (Å²) < 4.78 is 12.8. The summed E-state index contributed by atoms with van der Waals surface area (Å²) in [6, 6.07) is 12.6. The molecule has 0 bridgehead atoms. The molecule has 4 heterocycles. The van der Waals surface area contributed by atoms with Gasteiger partial charge in [0.05, 0.1) is 18.4 Å². The first-order valence-corrected chi connectivity index (χ1v) is 16.4. The minimum atomic E-state index is -0.264. The number of hydrogen-bond acceptors (Lipinski definition) is 8. The number of halogens is 1. The van der Waals surface area contributed by atoms with Gasteiger partial charge in [-0.25, -0.2) is 6.57 Å². The molecule has 3 atom stereocenters. The minimum Gasteiger partial charge on any atom is -0.462 e. The fourth-order valence-corrected chi connectivity index (χ4v) is 7.06. The third kappa shape index (κ3) is 6.98. The Hall–Kier alpha value is -3.75. The Morgan fingerprint density at radius 3 is 2.76 bits per heavy atom. The van der Waals surface area contributed by atoms with Gasteiger partial charge >= 0.3 is 6.01 Å². The van der Waals surface area contributed by atoms with E-state index in [9.17, 15) is 4.79 Å². The van der Waals surface area contributed by atoms with Crippen LogP contribution in [0.5, 0.6) is 6.01 Å². The molecule has 2 aromatic carbocycles. The molecule has 11 heteroatoms. The molecule has 242 valence electrons. The van der Waals surface area contributed by atoms with Crippen LogP contribution in [0.2, 0.25) is 5.02 Å². The fourth-order valence-electron chi connectivity index (χ4n) is 6.77. The van der Waals surface area contributed by atoms with E-state index in [2.05, 4.69) is 39.9 Å². The van der Waals surface area contributed by atoms with Gasteiger partial charge in [-0.3, -0.25) is 4.79 Å². The monoisotopic (exact) mass is 643 g/mol. The van der Waals surface area contributed by atoms with E-state index in [1.54, 1.807) is 6.08 Å². The molecule has 1 aromatic heterocycles. The van der Waals surface area contributed by atoms with Gasteiger partial charge in [-0.1, -0.05) is 48.0 Å². The number of nitrogens with zero attached hydrogens (tertiary/aromatic N) is 7. The molecular weight excluding hydrogens is 602 g/mol. The van der Waals surface area contributed by atoms with Gasteiger partial charge in [0.1, 0.15) is 18.5 Å². The van der Waals surface area contributed by atoms with Crippen molar-refractivity contribution in [3.8, 4) is 6.01 Å². The predicted octanol–water partition coefficient (Wildman–Crippen LogP) is 4.62. The van der Waals surface area contributed by atoms with Gasteiger partial charge in [-0.05, 0) is 57.5 Å². The number of likely N-dealkylation sites (tertiary alicyclic amines) is 1. The van der Waals surface area contributed by atoms with Crippen LogP contribution in [0.25, 0.3) is 15.6 Å². The van der Waals surface area contributed by atoms with Crippen molar-refractivity contribution in [3.63, 3.8) is 0 Å². The van der Waals surface area contributed by atoms with Gasteiger partial charge in [0.15, 0.2) is 0 Å². The van der Waals surface area contributed by atoms with E-state index in [0.717, 1.165) is 52.8 Å². The highest BCUT2D eigenvalue weighted by molar-refractivity contribution is 6.35. The van der Waals surface area contributed by atoms with Gasteiger partial charge in [0.2, 0.25) is 12.5 Å². The van der Waals surface area contributed by atoms with Crippen LogP contribution in [-0.4, -0.2) is 110 Å². The van der Waals surface area contributed by atoms with Crippen molar-refractivity contribution in [2.45, 2.75) is 44.1 Å². The van der Waals surface area contributed by atoms with Gasteiger partial charge in [-0.15, -0.1) is 0 Å². The van der Waals surface area contributed by atoms with Crippen LogP contribution in [0.1, 0.15) is 35.8 Å². The third-order valence-electron chi connectivity index (χ3n) is 9.27. The fraction of sp³-hybridized carbons (Fsp3) is 0.486. The van der Waals surface area contributed by atoms with E-state index in [-0.39, 0.29) is 24.6 Å². The summed E-state index contributed by atoms with van der Waals surface area (Å²) in [6.45, 7) is 12.0. The van der Waals surface area contributed by atoms with Crippen molar-refractivity contribution < 1.29 is 14.3 Å². The zero-order valence-electron chi connectivity index (χ0n) is 26.9. The molecule has 0 spiro atoms. The second-order valence-electron chi connectivity index (χ2n) is 12.7. The molecule has 10 nitrogen and oxygen atoms in total. The minimum absolute atomic E-state index is 0.0653. The number of hydrogen-bond donors (Lipinski definition) is 0. The number of anilines is 1. The molecule has 2 fully saturated rings. The van der Waals surface area contributed by atoms with E-state index in [1.807, 2.05) is 48.2 Å². The first kappa shape index (κ1) is 32.2. The first-order valence-electron chi connectivity index (χ1n) is 16.0. The number of ether oxygens (including phenoxy) is 2. The first-order chi connectivity index (χ1) is 22.3. The lowest BCUT2D eigenvalue weighted by atomic mass is 9.94. The van der Waals surface area contributed by atoms with E-state index in [1.165, 1.54) is 0 Å². The Morgan fingerprint density at radius 2 is 2.00 bits per heavy atom. The molecule has 46 heavy (non-hydrogen) atoms. The van der Waals surface area contributed by atoms with Crippen LogP contribution < -0.4 is 9.64 Å². The van der Waals surface area contributed by atoms with E-state index < -0.39 is 0 Å². The number of benzene rings is 2. The summed E-state index contributed by atoms with van der Waals surface area (Å²) in [4.78, 5) is 35.1. The van der Waals surface area contributed by atoms with Crippen LogP contribution in [-0.2, 0) is 22.6 Å². The Bertz CT molecular complexity index is 1640. The quantitative estimate of drug-likeness (QED) is 0.247. The molecule has 2 saturated heterocycles. The molecule has 0 radical (unpaired) electrons. The van der Waals surface area contributed by atoms with Crippen LogP contribution in [0.3, 0.4) is 0 Å². The summed E-state index contributed by atoms with van der Waals surface area (Å²) >= 11 is 6.70. The smallest absolute Gasteiger partial charge is 0.318 e. The molecule has 1 amide bonds. The molecule has 3 aliphatic rings. The zero-order valence-corrected chi connectivity index (χ0v) is 27.6. The summed E-state index contributed by atoms with van der Waals surface area (Å²) in [6.07, 6.45) is 6.05. The molecule has 0 saturated carbocycles. The van der Waals surface area contributed by atoms with Crippen molar-refractivity contribution in [2.75, 3.05) is 71.9 Å². The number of carbonyl (C=O) groups excluding carboxylic acids is 1. The number of aromatic nitrogens is 2. The lowest BCUT2D eigenvalue weighted by Crippen LogP contribution is -2.56. The standard InChI is InChI=1S/C35H42ClN7O3/c1-37-20-26-21-42(17-18-43(26)32(44)14-8-15-40(2)3)34-28-23-45-31(27-12-5-9-24-10-6-13-29(36)33(24)27)19-30(28)38-35(39-34)46-22-25-11-7-16-41(25)4/h5-6,8-10,12-14,25-26,31H,7,11,15-23H2,2-4H3/b14-8+/t25-,26-,31-/m0/s1. The Kier molecular flexibility index (Phi) is 10.0. The Labute approximate surface area is 276 Å². The maximum absolute atomic E-state index is 13.1. The molecule has 3 aliphatic heterocycles. The maximum atomic E-state index is 13.1.